The maximum Gasteiger partial charge on any atom is 0.0591 e. The smallest absolute Gasteiger partial charge is 0.0591 e. The van der Waals surface area contributed by atoms with Crippen LogP contribution in [0.5, 0.6) is 0 Å². The van der Waals surface area contributed by atoms with Crippen molar-refractivity contribution in [1.29, 1.82) is 0 Å². The molecular weight excluding hydrogens is 150 g/mol. The normalized spacial score (nSPS) is 30.9. The molecule has 3 atom stereocenters. The molecule has 0 aromatic rings. The fourth-order valence-electron chi connectivity index (χ4n) is 1.68. The highest BCUT2D eigenvalue weighted by molar-refractivity contribution is 4.99. The summed E-state index contributed by atoms with van der Waals surface area (Å²) >= 11 is 0. The van der Waals surface area contributed by atoms with Crippen LogP contribution in [0.2, 0.25) is 0 Å². The molecule has 68 valence electrons. The molecule has 0 aromatic carbocycles. The zero-order chi connectivity index (χ0) is 8.97. The maximum absolute atomic E-state index is 5.97. The molecule has 2 nitrogen and oxygen atoms in total. The molecule has 0 aromatic heterocycles. The Hall–Kier alpha value is -0.520. The Kier molecular flexibility index (Phi) is 3.58. The summed E-state index contributed by atoms with van der Waals surface area (Å²) < 4.78 is 5.44. The fourth-order valence-corrected chi connectivity index (χ4v) is 1.68. The van der Waals surface area contributed by atoms with Crippen molar-refractivity contribution in [3.8, 4) is 11.8 Å². The van der Waals surface area contributed by atoms with E-state index in [9.17, 15) is 0 Å². The lowest BCUT2D eigenvalue weighted by Gasteiger charge is -2.19. The molecule has 0 saturated carbocycles. The highest BCUT2D eigenvalue weighted by Gasteiger charge is 2.28. The van der Waals surface area contributed by atoms with Crippen molar-refractivity contribution in [1.82, 2.24) is 0 Å². The highest BCUT2D eigenvalue weighted by Crippen LogP contribution is 2.23. The first kappa shape index (κ1) is 9.57. The van der Waals surface area contributed by atoms with Crippen LogP contribution in [-0.2, 0) is 4.74 Å². The van der Waals surface area contributed by atoms with Crippen LogP contribution in [0.4, 0.5) is 0 Å². The molecule has 0 aliphatic carbocycles. The minimum absolute atomic E-state index is 0.190. The first-order valence-corrected chi connectivity index (χ1v) is 4.52. The van der Waals surface area contributed by atoms with Gasteiger partial charge in [0.25, 0.3) is 0 Å². The van der Waals surface area contributed by atoms with Gasteiger partial charge in [-0.2, -0.15) is 0 Å². The largest absolute Gasteiger partial charge is 0.378 e. The van der Waals surface area contributed by atoms with Gasteiger partial charge in [0.05, 0.1) is 6.10 Å². The summed E-state index contributed by atoms with van der Waals surface area (Å²) in [4.78, 5) is 0. The highest BCUT2D eigenvalue weighted by atomic mass is 16.5. The summed E-state index contributed by atoms with van der Waals surface area (Å²) in [5.41, 5.74) is 5.97. The number of hydrogen-bond acceptors (Lipinski definition) is 2. The van der Waals surface area contributed by atoms with E-state index < -0.39 is 0 Å². The molecule has 0 spiro atoms. The maximum atomic E-state index is 5.97. The van der Waals surface area contributed by atoms with E-state index in [1.165, 1.54) is 0 Å². The van der Waals surface area contributed by atoms with Gasteiger partial charge < -0.3 is 10.5 Å². The van der Waals surface area contributed by atoms with Crippen LogP contribution in [0, 0.1) is 17.8 Å². The van der Waals surface area contributed by atoms with Crippen LogP contribution in [0.3, 0.4) is 0 Å². The van der Waals surface area contributed by atoms with Crippen molar-refractivity contribution in [2.45, 2.75) is 38.8 Å². The van der Waals surface area contributed by atoms with Crippen LogP contribution in [-0.4, -0.2) is 18.8 Å². The van der Waals surface area contributed by atoms with Gasteiger partial charge in [0.15, 0.2) is 0 Å². The predicted molar refractivity (Wildman–Crippen MR) is 49.6 cm³/mol. The quantitative estimate of drug-likeness (QED) is 0.626. The lowest BCUT2D eigenvalue weighted by molar-refractivity contribution is 0.0999. The third-order valence-electron chi connectivity index (χ3n) is 2.50. The first-order chi connectivity index (χ1) is 5.75. The molecule has 0 radical (unpaired) electrons. The minimum Gasteiger partial charge on any atom is -0.378 e. The van der Waals surface area contributed by atoms with Crippen molar-refractivity contribution < 1.29 is 4.74 Å². The van der Waals surface area contributed by atoms with Gasteiger partial charge in [-0.1, -0.05) is 0 Å². The van der Waals surface area contributed by atoms with Gasteiger partial charge in [-0.05, 0) is 20.3 Å². The third kappa shape index (κ3) is 2.23. The van der Waals surface area contributed by atoms with Crippen molar-refractivity contribution >= 4 is 0 Å². The molecular formula is C10H17NO. The molecule has 0 bridgehead atoms. The summed E-state index contributed by atoms with van der Waals surface area (Å²) in [7, 11) is 0. The fraction of sp³-hybridized carbons (Fsp3) is 0.800. The Balaban J connectivity index is 2.38. The Morgan fingerprint density at radius 1 is 1.67 bits per heavy atom. The van der Waals surface area contributed by atoms with Crippen LogP contribution < -0.4 is 5.73 Å². The number of ether oxygens (including phenoxy) is 1. The number of hydrogen-bond donors (Lipinski definition) is 1. The van der Waals surface area contributed by atoms with Crippen LogP contribution >= 0.6 is 0 Å². The van der Waals surface area contributed by atoms with Crippen LogP contribution in [0.15, 0.2) is 0 Å². The van der Waals surface area contributed by atoms with E-state index in [4.69, 9.17) is 10.5 Å². The minimum atomic E-state index is 0.190. The lowest BCUT2D eigenvalue weighted by Crippen LogP contribution is -2.33. The van der Waals surface area contributed by atoms with E-state index in [2.05, 4.69) is 18.8 Å². The first-order valence-electron chi connectivity index (χ1n) is 4.52. The van der Waals surface area contributed by atoms with E-state index in [0.29, 0.717) is 12.0 Å². The lowest BCUT2D eigenvalue weighted by atomic mass is 9.92. The zero-order valence-corrected chi connectivity index (χ0v) is 7.84. The molecule has 12 heavy (non-hydrogen) atoms. The molecule has 0 amide bonds. The predicted octanol–water partition coefficient (Wildman–Crippen LogP) is 1.15. The average molecular weight is 167 g/mol. The van der Waals surface area contributed by atoms with E-state index in [1.54, 1.807) is 0 Å². The summed E-state index contributed by atoms with van der Waals surface area (Å²) in [6.45, 7) is 4.80. The monoisotopic (exact) mass is 167 g/mol. The summed E-state index contributed by atoms with van der Waals surface area (Å²) in [5, 5.41) is 0. The molecule has 1 fully saturated rings. The molecule has 1 saturated heterocycles. The average Bonchev–Trinajstić information content (AvgIpc) is 2.47. The Labute approximate surface area is 74.5 Å². The van der Waals surface area contributed by atoms with Gasteiger partial charge in [0.2, 0.25) is 0 Å². The Morgan fingerprint density at radius 2 is 2.42 bits per heavy atom. The van der Waals surface area contributed by atoms with Gasteiger partial charge in [-0.3, -0.25) is 0 Å². The Bertz CT molecular complexity index is 192. The third-order valence-corrected chi connectivity index (χ3v) is 2.50. The van der Waals surface area contributed by atoms with Gasteiger partial charge in [0.1, 0.15) is 0 Å². The van der Waals surface area contributed by atoms with Gasteiger partial charge in [-0.25, -0.2) is 0 Å². The van der Waals surface area contributed by atoms with Crippen LogP contribution in [0.1, 0.15) is 26.7 Å². The topological polar surface area (TPSA) is 35.2 Å². The second-order valence-corrected chi connectivity index (χ2v) is 3.32. The Morgan fingerprint density at radius 3 is 2.92 bits per heavy atom. The zero-order valence-electron chi connectivity index (χ0n) is 7.84. The second-order valence-electron chi connectivity index (χ2n) is 3.32. The molecule has 1 aliphatic heterocycles. The molecule has 1 heterocycles. The molecule has 1 aliphatic rings. The second kappa shape index (κ2) is 4.49. The molecule has 2 heteroatoms. The summed E-state index contributed by atoms with van der Waals surface area (Å²) in [5.74, 6) is 6.39. The molecule has 1 rings (SSSR count). The molecule has 3 unspecified atom stereocenters. The summed E-state index contributed by atoms with van der Waals surface area (Å²) in [6, 6.07) is 0.190. The van der Waals surface area contributed by atoms with Crippen molar-refractivity contribution in [2.75, 3.05) is 6.61 Å². The molecule has 2 N–H and O–H groups in total. The van der Waals surface area contributed by atoms with Gasteiger partial charge >= 0.3 is 0 Å². The number of rotatable bonds is 2. The van der Waals surface area contributed by atoms with E-state index in [1.807, 2.05) is 6.92 Å². The van der Waals surface area contributed by atoms with Crippen molar-refractivity contribution in [2.24, 2.45) is 11.7 Å². The van der Waals surface area contributed by atoms with E-state index in [-0.39, 0.29) is 6.04 Å². The number of nitrogens with two attached hydrogens (primary N) is 1. The van der Waals surface area contributed by atoms with E-state index in [0.717, 1.165) is 19.4 Å². The van der Waals surface area contributed by atoms with Gasteiger partial charge in [-0.15, -0.1) is 11.8 Å². The van der Waals surface area contributed by atoms with Crippen molar-refractivity contribution in [3.05, 3.63) is 0 Å². The van der Waals surface area contributed by atoms with Crippen LogP contribution in [0.25, 0.3) is 0 Å². The van der Waals surface area contributed by atoms with E-state index >= 15 is 0 Å². The SMILES string of the molecule is CC#CCC(N)C1CCOC1C. The van der Waals surface area contributed by atoms with Gasteiger partial charge in [0, 0.05) is 25.0 Å². The standard InChI is InChI=1S/C10H17NO/c1-3-4-5-10(11)9-6-7-12-8(9)2/h8-10H,5-7,11H2,1-2H3. The summed E-state index contributed by atoms with van der Waals surface area (Å²) in [6.07, 6.45) is 2.21. The van der Waals surface area contributed by atoms with Crippen molar-refractivity contribution in [3.63, 3.8) is 0 Å².